The molecule has 0 N–H and O–H groups in total. The maximum Gasteiger partial charge on any atom is 0.332 e. The lowest BCUT2D eigenvalue weighted by atomic mass is 10.1. The third kappa shape index (κ3) is 3.04. The third-order valence-corrected chi connectivity index (χ3v) is 4.61. The summed E-state index contributed by atoms with van der Waals surface area (Å²) in [6, 6.07) is 18.7. The number of fused-ring (bicyclic) bond motifs is 1. The normalized spacial score (nSPS) is 11.0. The van der Waals surface area contributed by atoms with Gasteiger partial charge in [0.05, 0.1) is 6.54 Å². The fraction of sp³-hybridized carbons (Fsp3) is 0.100. The zero-order chi connectivity index (χ0) is 19.0. The van der Waals surface area contributed by atoms with Crippen molar-refractivity contribution in [1.82, 2.24) is 19.1 Å². The molecule has 0 radical (unpaired) electrons. The lowest BCUT2D eigenvalue weighted by Gasteiger charge is -2.12. The van der Waals surface area contributed by atoms with E-state index >= 15 is 0 Å². The summed E-state index contributed by atoms with van der Waals surface area (Å²) in [6.07, 6.45) is 0. The highest BCUT2D eigenvalue weighted by molar-refractivity contribution is 6.32. The Kier molecular flexibility index (Phi) is 4.33. The molecule has 0 unspecified atom stereocenters. The largest absolute Gasteiger partial charge is 0.332 e. The van der Waals surface area contributed by atoms with E-state index in [1.165, 1.54) is 11.6 Å². The van der Waals surface area contributed by atoms with Gasteiger partial charge >= 0.3 is 5.69 Å². The first-order chi connectivity index (χ1) is 13.1. The van der Waals surface area contributed by atoms with Crippen molar-refractivity contribution in [3.63, 3.8) is 0 Å². The van der Waals surface area contributed by atoms with Crippen molar-refractivity contribution in [1.29, 1.82) is 0 Å². The van der Waals surface area contributed by atoms with Gasteiger partial charge in [-0.1, -0.05) is 72.3 Å². The molecule has 0 saturated carbocycles. The van der Waals surface area contributed by atoms with Crippen molar-refractivity contribution in [3.05, 3.63) is 92.2 Å². The molecule has 0 atom stereocenters. The van der Waals surface area contributed by atoms with Gasteiger partial charge in [-0.05, 0) is 5.56 Å². The summed E-state index contributed by atoms with van der Waals surface area (Å²) in [5, 5.41) is 0.142. The van der Waals surface area contributed by atoms with Gasteiger partial charge in [-0.3, -0.25) is 13.9 Å². The molecule has 7 heteroatoms. The minimum absolute atomic E-state index is 0.108. The van der Waals surface area contributed by atoms with E-state index in [2.05, 4.69) is 9.97 Å². The van der Waals surface area contributed by atoms with E-state index in [0.29, 0.717) is 5.69 Å². The number of aromatic nitrogens is 4. The Balaban J connectivity index is 2.01. The van der Waals surface area contributed by atoms with E-state index in [0.717, 1.165) is 15.7 Å². The van der Waals surface area contributed by atoms with Gasteiger partial charge in [0.15, 0.2) is 16.3 Å². The van der Waals surface area contributed by atoms with Crippen molar-refractivity contribution in [2.75, 3.05) is 0 Å². The standard InChI is InChI=1S/C20H15ClN4O2/c1-24-19(26)16-18(25(20(24)27)12-13-8-4-2-5-9-13)23-17(21)15(22-16)14-10-6-3-7-11-14/h2-11H,12H2,1H3. The third-order valence-electron chi connectivity index (χ3n) is 4.35. The maximum absolute atomic E-state index is 12.7. The first-order valence-electron chi connectivity index (χ1n) is 8.32. The van der Waals surface area contributed by atoms with Crippen molar-refractivity contribution in [2.24, 2.45) is 7.05 Å². The van der Waals surface area contributed by atoms with Crippen LogP contribution < -0.4 is 11.2 Å². The predicted octanol–water partition coefficient (Wildman–Crippen LogP) is 2.86. The molecule has 2 aromatic carbocycles. The Bertz CT molecular complexity index is 1250. The Morgan fingerprint density at radius 2 is 1.56 bits per heavy atom. The highest BCUT2D eigenvalue weighted by atomic mass is 35.5. The summed E-state index contributed by atoms with van der Waals surface area (Å²) in [5.41, 5.74) is 1.39. The maximum atomic E-state index is 12.7. The first kappa shape index (κ1) is 17.2. The molecule has 0 bridgehead atoms. The molecule has 2 heterocycles. The molecule has 134 valence electrons. The lowest BCUT2D eigenvalue weighted by molar-refractivity contribution is 0.665. The summed E-state index contributed by atoms with van der Waals surface area (Å²) < 4.78 is 2.46. The van der Waals surface area contributed by atoms with E-state index in [4.69, 9.17) is 11.6 Å². The van der Waals surface area contributed by atoms with Gasteiger partial charge < -0.3 is 0 Å². The smallest absolute Gasteiger partial charge is 0.271 e. The molecule has 0 amide bonds. The highest BCUT2D eigenvalue weighted by Crippen LogP contribution is 2.25. The molecular weight excluding hydrogens is 364 g/mol. The quantitative estimate of drug-likeness (QED) is 0.549. The average Bonchev–Trinajstić information content (AvgIpc) is 2.71. The average molecular weight is 379 g/mol. The zero-order valence-corrected chi connectivity index (χ0v) is 15.2. The number of rotatable bonds is 3. The molecular formula is C20H15ClN4O2. The molecule has 0 aliphatic carbocycles. The van der Waals surface area contributed by atoms with Crippen LogP contribution in [0, 0.1) is 0 Å². The Hall–Kier alpha value is -3.25. The minimum Gasteiger partial charge on any atom is -0.271 e. The van der Waals surface area contributed by atoms with E-state index in [1.807, 2.05) is 60.7 Å². The molecule has 4 aromatic rings. The van der Waals surface area contributed by atoms with Gasteiger partial charge in [-0.2, -0.15) is 0 Å². The summed E-state index contributed by atoms with van der Waals surface area (Å²) in [7, 11) is 1.43. The Labute approximate surface area is 159 Å². The second-order valence-electron chi connectivity index (χ2n) is 6.12. The number of hydrogen-bond donors (Lipinski definition) is 0. The summed E-state index contributed by atoms with van der Waals surface area (Å²) in [5.74, 6) is 0. The molecule has 0 spiro atoms. The topological polar surface area (TPSA) is 69.8 Å². The number of halogens is 1. The number of hydrogen-bond acceptors (Lipinski definition) is 4. The van der Waals surface area contributed by atoms with E-state index in [-0.39, 0.29) is 22.9 Å². The second-order valence-corrected chi connectivity index (χ2v) is 6.48. The molecule has 0 aliphatic rings. The summed E-state index contributed by atoms with van der Waals surface area (Å²) in [6.45, 7) is 0.264. The van der Waals surface area contributed by atoms with Gasteiger partial charge in [0.25, 0.3) is 5.56 Å². The van der Waals surface area contributed by atoms with Crippen LogP contribution in [0.1, 0.15) is 5.56 Å². The van der Waals surface area contributed by atoms with Gasteiger partial charge in [0.2, 0.25) is 0 Å². The van der Waals surface area contributed by atoms with Crippen LogP contribution in [-0.2, 0) is 13.6 Å². The van der Waals surface area contributed by atoms with Gasteiger partial charge in [-0.15, -0.1) is 0 Å². The molecule has 2 aromatic heterocycles. The lowest BCUT2D eigenvalue weighted by Crippen LogP contribution is -2.39. The van der Waals surface area contributed by atoms with E-state index < -0.39 is 11.2 Å². The van der Waals surface area contributed by atoms with Crippen LogP contribution in [0.15, 0.2) is 70.3 Å². The minimum atomic E-state index is -0.499. The van der Waals surface area contributed by atoms with Gasteiger partial charge in [0.1, 0.15) is 5.69 Å². The highest BCUT2D eigenvalue weighted by Gasteiger charge is 2.17. The molecule has 4 rings (SSSR count). The first-order valence-corrected chi connectivity index (χ1v) is 8.70. The molecule has 0 saturated heterocycles. The van der Waals surface area contributed by atoms with Crippen LogP contribution in [0.5, 0.6) is 0 Å². The summed E-state index contributed by atoms with van der Waals surface area (Å²) >= 11 is 6.36. The molecule has 6 nitrogen and oxygen atoms in total. The van der Waals surface area contributed by atoms with E-state index in [9.17, 15) is 9.59 Å². The van der Waals surface area contributed by atoms with Crippen molar-refractivity contribution < 1.29 is 0 Å². The Morgan fingerprint density at radius 3 is 2.22 bits per heavy atom. The van der Waals surface area contributed by atoms with E-state index in [1.54, 1.807) is 0 Å². The van der Waals surface area contributed by atoms with Crippen molar-refractivity contribution >= 4 is 22.8 Å². The second kappa shape index (κ2) is 6.81. The van der Waals surface area contributed by atoms with Gasteiger partial charge in [0, 0.05) is 12.6 Å². The van der Waals surface area contributed by atoms with Crippen molar-refractivity contribution in [3.8, 4) is 11.3 Å². The van der Waals surface area contributed by atoms with Gasteiger partial charge in [-0.25, -0.2) is 14.8 Å². The van der Waals surface area contributed by atoms with Crippen LogP contribution in [0.2, 0.25) is 5.15 Å². The predicted molar refractivity (Wildman–Crippen MR) is 105 cm³/mol. The fourth-order valence-electron chi connectivity index (χ4n) is 2.94. The van der Waals surface area contributed by atoms with Crippen molar-refractivity contribution in [2.45, 2.75) is 6.54 Å². The van der Waals surface area contributed by atoms with Crippen LogP contribution in [0.25, 0.3) is 22.4 Å². The summed E-state index contributed by atoms with van der Waals surface area (Å²) in [4.78, 5) is 34.2. The van der Waals surface area contributed by atoms with Crippen LogP contribution >= 0.6 is 11.6 Å². The van der Waals surface area contributed by atoms with Crippen LogP contribution in [0.4, 0.5) is 0 Å². The Morgan fingerprint density at radius 1 is 0.926 bits per heavy atom. The number of benzene rings is 2. The molecule has 0 aliphatic heterocycles. The molecule has 27 heavy (non-hydrogen) atoms. The van der Waals surface area contributed by atoms with Crippen LogP contribution in [-0.4, -0.2) is 19.1 Å². The zero-order valence-electron chi connectivity index (χ0n) is 14.5. The monoisotopic (exact) mass is 378 g/mol. The number of nitrogens with zero attached hydrogens (tertiary/aromatic N) is 4. The fourth-order valence-corrected chi connectivity index (χ4v) is 3.18. The molecule has 0 fully saturated rings. The SMILES string of the molecule is Cn1c(=O)c2nc(-c3ccccc3)c(Cl)nc2n(Cc2ccccc2)c1=O. The van der Waals surface area contributed by atoms with Crippen LogP contribution in [0.3, 0.4) is 0 Å².